The van der Waals surface area contributed by atoms with Gasteiger partial charge >= 0.3 is 51.4 Å². The first-order valence-corrected chi connectivity index (χ1v) is 4.31. The molecule has 2 rings (SSSR count). The molecule has 0 saturated carbocycles. The number of hydrogen-bond acceptors (Lipinski definition) is 5. The van der Waals surface area contributed by atoms with Crippen LogP contribution in [0.3, 0.4) is 0 Å². The fourth-order valence-corrected chi connectivity index (χ4v) is 1.25. The normalized spacial score (nSPS) is 10.9. The van der Waals surface area contributed by atoms with Gasteiger partial charge in [-0.05, 0) is 10.4 Å². The molecule has 0 fully saturated rings. The monoisotopic (exact) mass is 241 g/mol. The Morgan fingerprint density at radius 3 is 2.50 bits per heavy atom. The number of rotatable bonds is 2. The quantitative estimate of drug-likeness (QED) is 0.332. The number of nitrogens with zero attached hydrogens (tertiary/aromatic N) is 5. The number of aromatic nitrogens is 4. The fourth-order valence-electron chi connectivity index (χ4n) is 1.25. The van der Waals surface area contributed by atoms with Crippen LogP contribution >= 0.6 is 0 Å². The Labute approximate surface area is 135 Å². The van der Waals surface area contributed by atoms with Gasteiger partial charge < -0.3 is 10.4 Å². The van der Waals surface area contributed by atoms with Crippen LogP contribution in [0.15, 0.2) is 35.5 Å². The Kier molecular flexibility index (Phi) is 5.23. The van der Waals surface area contributed by atoms with Crippen molar-refractivity contribution in [3.63, 3.8) is 0 Å². The van der Waals surface area contributed by atoms with E-state index in [1.807, 2.05) is 18.2 Å². The summed E-state index contributed by atoms with van der Waals surface area (Å²) in [6, 6.07) is 9.08. The van der Waals surface area contributed by atoms with Crippen molar-refractivity contribution < 1.29 is 51.4 Å². The third-order valence-electron chi connectivity index (χ3n) is 1.97. The maximum atomic E-state index is 10.8. The molecule has 6 nitrogen and oxygen atoms in total. The second-order valence-corrected chi connectivity index (χ2v) is 2.93. The molecule has 0 aliphatic heterocycles. The maximum Gasteiger partial charge on any atom is 1.00 e. The second-order valence-electron chi connectivity index (χ2n) is 2.93. The van der Waals surface area contributed by atoms with Crippen LogP contribution in [-0.2, 0) is 7.05 Å². The zero-order valence-electron chi connectivity index (χ0n) is 9.03. The minimum absolute atomic E-state index is 0. The Hall–Kier alpha value is -0.604. The van der Waals surface area contributed by atoms with Crippen molar-refractivity contribution in [3.8, 4) is 0 Å². The zero-order valence-corrected chi connectivity index (χ0v) is 12.2. The molecular weight excluding hydrogens is 233 g/mol. The molecule has 0 saturated heterocycles. The molecule has 0 aliphatic carbocycles. The van der Waals surface area contributed by atoms with Gasteiger partial charge in [-0.25, -0.2) is 4.68 Å². The van der Waals surface area contributed by atoms with Crippen molar-refractivity contribution >= 4 is 5.71 Å². The standard InChI is InChI=1S/C9H9N5O.K/c1-14-9(10-12-13-14)8(11-15)7-5-3-2-4-6-7;/h2-6,15H,1H3;/q;+1/p-1/b11-8-;. The summed E-state index contributed by atoms with van der Waals surface area (Å²) >= 11 is 0. The van der Waals surface area contributed by atoms with Gasteiger partial charge in [0.1, 0.15) is 5.71 Å². The minimum Gasteiger partial charge on any atom is -0.791 e. The Morgan fingerprint density at radius 2 is 2.00 bits per heavy atom. The molecule has 7 heteroatoms. The Morgan fingerprint density at radius 1 is 1.31 bits per heavy atom. The Bertz CT molecular complexity index is 482. The van der Waals surface area contributed by atoms with E-state index in [4.69, 9.17) is 0 Å². The minimum atomic E-state index is 0. The topological polar surface area (TPSA) is 79.0 Å². The molecule has 0 aliphatic rings. The van der Waals surface area contributed by atoms with Gasteiger partial charge in [0.15, 0.2) is 5.82 Å². The van der Waals surface area contributed by atoms with E-state index < -0.39 is 0 Å². The number of benzene rings is 1. The van der Waals surface area contributed by atoms with E-state index in [9.17, 15) is 5.21 Å². The molecule has 0 spiro atoms. The molecule has 1 heterocycles. The molecular formula is C9H8KN5O. The summed E-state index contributed by atoms with van der Waals surface area (Å²) in [7, 11) is 1.66. The Balaban J connectivity index is 0.00000128. The first kappa shape index (κ1) is 13.5. The van der Waals surface area contributed by atoms with Crippen molar-refractivity contribution in [3.05, 3.63) is 46.9 Å². The van der Waals surface area contributed by atoms with Crippen LogP contribution in [0, 0.1) is 5.21 Å². The van der Waals surface area contributed by atoms with Crippen molar-refractivity contribution in [2.45, 2.75) is 0 Å². The molecule has 0 bridgehead atoms. The van der Waals surface area contributed by atoms with Gasteiger partial charge in [-0.15, -0.1) is 5.10 Å². The summed E-state index contributed by atoms with van der Waals surface area (Å²) in [5.41, 5.74) is 0.938. The van der Waals surface area contributed by atoms with Crippen LogP contribution in [0.25, 0.3) is 0 Å². The second kappa shape index (κ2) is 6.21. The van der Waals surface area contributed by atoms with Gasteiger partial charge in [0.2, 0.25) is 0 Å². The summed E-state index contributed by atoms with van der Waals surface area (Å²) in [4.78, 5) is 0. The number of tetrazole rings is 1. The third kappa shape index (κ3) is 2.74. The summed E-state index contributed by atoms with van der Waals surface area (Å²) in [5.74, 6) is 0.358. The smallest absolute Gasteiger partial charge is 0.791 e. The summed E-state index contributed by atoms with van der Waals surface area (Å²) in [6.45, 7) is 0. The third-order valence-corrected chi connectivity index (χ3v) is 1.97. The zero-order chi connectivity index (χ0) is 10.7. The van der Waals surface area contributed by atoms with E-state index >= 15 is 0 Å². The molecule has 0 unspecified atom stereocenters. The van der Waals surface area contributed by atoms with Crippen LogP contribution in [0.1, 0.15) is 11.4 Å². The summed E-state index contributed by atoms with van der Waals surface area (Å²) in [6.07, 6.45) is 0. The largest absolute Gasteiger partial charge is 1.00 e. The van der Waals surface area contributed by atoms with E-state index in [1.54, 1.807) is 19.2 Å². The maximum absolute atomic E-state index is 10.8. The van der Waals surface area contributed by atoms with Crippen LogP contribution < -0.4 is 51.4 Å². The van der Waals surface area contributed by atoms with Crippen LogP contribution in [0.2, 0.25) is 0 Å². The molecule has 0 radical (unpaired) electrons. The van der Waals surface area contributed by atoms with Gasteiger partial charge in [0.25, 0.3) is 0 Å². The summed E-state index contributed by atoms with van der Waals surface area (Å²) in [5, 5.41) is 24.6. The molecule has 16 heavy (non-hydrogen) atoms. The molecule has 1 aromatic carbocycles. The average Bonchev–Trinajstić information content (AvgIpc) is 2.68. The summed E-state index contributed by atoms with van der Waals surface area (Å²) < 4.78 is 1.41. The number of aryl methyl sites for hydroxylation is 1. The van der Waals surface area contributed by atoms with Crippen molar-refractivity contribution in [1.82, 2.24) is 20.2 Å². The van der Waals surface area contributed by atoms with Crippen LogP contribution in [0.4, 0.5) is 0 Å². The fraction of sp³-hybridized carbons (Fsp3) is 0.111. The van der Waals surface area contributed by atoms with Crippen molar-refractivity contribution in [1.29, 1.82) is 0 Å². The van der Waals surface area contributed by atoms with Crippen LogP contribution in [-0.4, -0.2) is 25.9 Å². The van der Waals surface area contributed by atoms with E-state index in [1.165, 1.54) is 4.68 Å². The van der Waals surface area contributed by atoms with Crippen molar-refractivity contribution in [2.75, 3.05) is 0 Å². The van der Waals surface area contributed by atoms with E-state index in [2.05, 4.69) is 20.7 Å². The van der Waals surface area contributed by atoms with E-state index in [-0.39, 0.29) is 57.1 Å². The average molecular weight is 241 g/mol. The SMILES string of the molecule is Cn1nnnc1/C(=N\[O-])c1ccccc1.[K+]. The van der Waals surface area contributed by atoms with Gasteiger partial charge in [-0.2, -0.15) is 0 Å². The predicted octanol–water partition coefficient (Wildman–Crippen LogP) is -2.45. The first-order chi connectivity index (χ1) is 7.33. The number of hydrogen-bond donors (Lipinski definition) is 0. The van der Waals surface area contributed by atoms with Gasteiger partial charge in [-0.1, -0.05) is 30.3 Å². The van der Waals surface area contributed by atoms with E-state index in [0.717, 1.165) is 0 Å². The molecule has 0 N–H and O–H groups in total. The predicted molar refractivity (Wildman–Crippen MR) is 54.2 cm³/mol. The van der Waals surface area contributed by atoms with Gasteiger partial charge in [-0.3, -0.25) is 0 Å². The molecule has 76 valence electrons. The van der Waals surface area contributed by atoms with Gasteiger partial charge in [0, 0.05) is 12.6 Å². The molecule has 2 aromatic rings. The van der Waals surface area contributed by atoms with Crippen LogP contribution in [0.5, 0.6) is 0 Å². The van der Waals surface area contributed by atoms with Crippen molar-refractivity contribution in [2.24, 2.45) is 12.2 Å². The van der Waals surface area contributed by atoms with Gasteiger partial charge in [0.05, 0.1) is 0 Å². The first-order valence-electron chi connectivity index (χ1n) is 4.31. The van der Waals surface area contributed by atoms with E-state index in [0.29, 0.717) is 11.4 Å². The molecule has 0 amide bonds. The molecule has 1 aromatic heterocycles. The molecule has 0 atom stereocenters.